The molecule has 3 aromatic rings. The van der Waals surface area contributed by atoms with E-state index in [2.05, 4.69) is 0 Å². The van der Waals surface area contributed by atoms with Crippen LogP contribution in [0.3, 0.4) is 0 Å². The molecule has 0 heterocycles. The number of benzene rings is 3. The Morgan fingerprint density at radius 2 is 0.943 bits per heavy atom. The predicted octanol–water partition coefficient (Wildman–Crippen LogP) is 3.87. The van der Waals surface area contributed by atoms with Crippen molar-refractivity contribution in [2.24, 2.45) is 0 Å². The summed E-state index contributed by atoms with van der Waals surface area (Å²) in [6, 6.07) is 7.39. The number of methoxy groups -OCH3 is 1. The van der Waals surface area contributed by atoms with Gasteiger partial charge in [0.1, 0.15) is 51.2 Å². The average molecular weight is 482 g/mol. The zero-order valence-electron chi connectivity index (χ0n) is 19.2. The van der Waals surface area contributed by atoms with Gasteiger partial charge in [0, 0.05) is 18.2 Å². The second-order valence-electron chi connectivity index (χ2n) is 7.69. The number of aromatic carboxylic acids is 1. The van der Waals surface area contributed by atoms with Gasteiger partial charge in [-0.1, -0.05) is 0 Å². The quantitative estimate of drug-likeness (QED) is 0.300. The Morgan fingerprint density at radius 1 is 0.600 bits per heavy atom. The molecular weight excluding hydrogens is 460 g/mol. The fourth-order valence-corrected chi connectivity index (χ4v) is 3.57. The number of phenols is 3. The van der Waals surface area contributed by atoms with E-state index in [-0.39, 0.29) is 45.1 Å². The Morgan fingerprint density at radius 3 is 1.29 bits per heavy atom. The lowest BCUT2D eigenvalue weighted by atomic mass is 10.1. The number of rotatable bonds is 6. The van der Waals surface area contributed by atoms with Crippen molar-refractivity contribution in [1.29, 1.82) is 0 Å². The highest BCUT2D eigenvalue weighted by atomic mass is 16.5. The average Bonchev–Trinajstić information content (AvgIpc) is 2.71. The van der Waals surface area contributed by atoms with Crippen molar-refractivity contribution in [3.05, 3.63) is 69.8 Å². The lowest BCUT2D eigenvalue weighted by molar-refractivity contribution is 0.0689. The summed E-state index contributed by atoms with van der Waals surface area (Å²) in [4.78, 5) is 36.5. The number of aromatic hydroxyl groups is 3. The van der Waals surface area contributed by atoms with E-state index in [0.29, 0.717) is 11.3 Å². The second kappa shape index (κ2) is 9.64. The summed E-state index contributed by atoms with van der Waals surface area (Å²) in [6.07, 6.45) is 0. The Kier molecular flexibility index (Phi) is 6.86. The van der Waals surface area contributed by atoms with E-state index in [1.54, 1.807) is 13.0 Å². The van der Waals surface area contributed by atoms with Crippen molar-refractivity contribution in [3.8, 4) is 34.5 Å². The number of carbonyl (C=O) groups is 3. The molecular formula is C25H22O10. The van der Waals surface area contributed by atoms with Crippen LogP contribution < -0.4 is 14.2 Å². The molecule has 0 aliphatic heterocycles. The number of phenolic OH excluding ortho intramolecular Hbond substituents is 2. The van der Waals surface area contributed by atoms with Gasteiger partial charge in [-0.2, -0.15) is 0 Å². The third-order valence-electron chi connectivity index (χ3n) is 5.14. The summed E-state index contributed by atoms with van der Waals surface area (Å²) in [7, 11) is 1.42. The smallest absolute Gasteiger partial charge is 0.347 e. The van der Waals surface area contributed by atoms with E-state index in [1.165, 1.54) is 39.2 Å². The molecule has 4 N–H and O–H groups in total. The minimum Gasteiger partial charge on any atom is -0.507 e. The van der Waals surface area contributed by atoms with Gasteiger partial charge in [0.25, 0.3) is 0 Å². The summed E-state index contributed by atoms with van der Waals surface area (Å²) < 4.78 is 15.5. The van der Waals surface area contributed by atoms with Gasteiger partial charge in [0.15, 0.2) is 0 Å². The van der Waals surface area contributed by atoms with E-state index in [0.717, 1.165) is 12.1 Å². The van der Waals surface area contributed by atoms with E-state index in [1.807, 2.05) is 0 Å². The van der Waals surface area contributed by atoms with Crippen molar-refractivity contribution < 1.29 is 49.0 Å². The topological polar surface area (TPSA) is 160 Å². The van der Waals surface area contributed by atoms with E-state index in [9.17, 15) is 29.7 Å². The first-order valence-electron chi connectivity index (χ1n) is 10.1. The van der Waals surface area contributed by atoms with Gasteiger partial charge >= 0.3 is 17.9 Å². The maximum Gasteiger partial charge on any atom is 0.347 e. The molecule has 0 fully saturated rings. The van der Waals surface area contributed by atoms with Crippen LogP contribution >= 0.6 is 0 Å². The number of hydrogen-bond acceptors (Lipinski definition) is 9. The molecule has 0 saturated heterocycles. The van der Waals surface area contributed by atoms with Gasteiger partial charge in [-0.3, -0.25) is 0 Å². The Balaban J connectivity index is 1.85. The van der Waals surface area contributed by atoms with Gasteiger partial charge in [-0.05, 0) is 55.7 Å². The van der Waals surface area contributed by atoms with Crippen LogP contribution in [0.4, 0.5) is 0 Å². The summed E-state index contributed by atoms with van der Waals surface area (Å²) in [6.45, 7) is 4.48. The maximum atomic E-state index is 12.7. The molecule has 0 aromatic heterocycles. The van der Waals surface area contributed by atoms with Crippen LogP contribution in [0.25, 0.3) is 0 Å². The highest BCUT2D eigenvalue weighted by Crippen LogP contribution is 2.33. The molecule has 0 aliphatic carbocycles. The van der Waals surface area contributed by atoms with E-state index in [4.69, 9.17) is 19.3 Å². The molecule has 0 aliphatic rings. The molecule has 0 saturated carbocycles. The van der Waals surface area contributed by atoms with Crippen LogP contribution in [0, 0.1) is 20.8 Å². The largest absolute Gasteiger partial charge is 0.507 e. The zero-order chi connectivity index (χ0) is 26.0. The Labute approximate surface area is 199 Å². The van der Waals surface area contributed by atoms with Crippen LogP contribution in [0.5, 0.6) is 34.5 Å². The van der Waals surface area contributed by atoms with Gasteiger partial charge in [0.05, 0.1) is 7.11 Å². The first-order chi connectivity index (χ1) is 16.4. The number of carboxylic acid groups (broad SMARTS) is 1. The Bertz CT molecular complexity index is 1290. The molecule has 0 unspecified atom stereocenters. The number of carbonyl (C=O) groups excluding carboxylic acids is 2. The highest BCUT2D eigenvalue weighted by Gasteiger charge is 2.23. The Hall–Kier alpha value is -4.73. The van der Waals surface area contributed by atoms with Crippen LogP contribution in [0.1, 0.15) is 47.8 Å². The van der Waals surface area contributed by atoms with Crippen LogP contribution in [-0.4, -0.2) is 45.4 Å². The first-order valence-corrected chi connectivity index (χ1v) is 10.1. The third kappa shape index (κ3) is 5.11. The lowest BCUT2D eigenvalue weighted by Crippen LogP contribution is -2.13. The van der Waals surface area contributed by atoms with E-state index >= 15 is 0 Å². The molecule has 0 spiro atoms. The fourth-order valence-electron chi connectivity index (χ4n) is 3.57. The lowest BCUT2D eigenvalue weighted by Gasteiger charge is -2.14. The van der Waals surface area contributed by atoms with Crippen LogP contribution in [0.15, 0.2) is 36.4 Å². The maximum absolute atomic E-state index is 12.7. The van der Waals surface area contributed by atoms with Gasteiger partial charge in [0.2, 0.25) is 0 Å². The third-order valence-corrected chi connectivity index (χ3v) is 5.14. The number of esters is 2. The minimum absolute atomic E-state index is 0.0875. The number of carboxylic acids is 1. The van der Waals surface area contributed by atoms with Crippen LogP contribution in [0.2, 0.25) is 0 Å². The zero-order valence-corrected chi connectivity index (χ0v) is 19.2. The second-order valence-corrected chi connectivity index (χ2v) is 7.69. The standard InChI is InChI=1S/C25H22O10/c1-11-6-15(9-17(26)20(11)23(29)30)34-25(32)22-13(3)7-16(10-19(22)28)35-24(31)21-12(2)5-14(33-4)8-18(21)27/h5-10,26-28H,1-4H3,(H,29,30). The molecule has 10 nitrogen and oxygen atoms in total. The molecule has 3 aromatic carbocycles. The summed E-state index contributed by atoms with van der Waals surface area (Å²) in [5.74, 6) is -4.55. The summed E-state index contributed by atoms with van der Waals surface area (Å²) in [5, 5.41) is 39.6. The van der Waals surface area contributed by atoms with Crippen molar-refractivity contribution in [2.45, 2.75) is 20.8 Å². The fraction of sp³-hybridized carbons (Fsp3) is 0.160. The molecule has 182 valence electrons. The molecule has 10 heteroatoms. The highest BCUT2D eigenvalue weighted by molar-refractivity contribution is 5.98. The monoisotopic (exact) mass is 482 g/mol. The van der Waals surface area contributed by atoms with E-state index < -0.39 is 29.4 Å². The van der Waals surface area contributed by atoms with Crippen molar-refractivity contribution in [1.82, 2.24) is 0 Å². The van der Waals surface area contributed by atoms with Crippen LogP contribution in [-0.2, 0) is 0 Å². The van der Waals surface area contributed by atoms with Crippen molar-refractivity contribution in [3.63, 3.8) is 0 Å². The molecule has 0 atom stereocenters. The van der Waals surface area contributed by atoms with Gasteiger partial charge in [-0.25, -0.2) is 14.4 Å². The van der Waals surface area contributed by atoms with Gasteiger partial charge < -0.3 is 34.6 Å². The normalized spacial score (nSPS) is 10.5. The minimum atomic E-state index is -1.34. The molecule has 3 rings (SSSR count). The molecule has 0 radical (unpaired) electrons. The predicted molar refractivity (Wildman–Crippen MR) is 122 cm³/mol. The van der Waals surface area contributed by atoms with Gasteiger partial charge in [-0.15, -0.1) is 0 Å². The van der Waals surface area contributed by atoms with Crippen molar-refractivity contribution in [2.75, 3.05) is 7.11 Å². The first kappa shape index (κ1) is 24.9. The number of hydrogen-bond donors (Lipinski definition) is 4. The summed E-state index contributed by atoms with van der Waals surface area (Å²) in [5.41, 5.74) is 0.130. The molecule has 35 heavy (non-hydrogen) atoms. The summed E-state index contributed by atoms with van der Waals surface area (Å²) >= 11 is 0. The number of aryl methyl sites for hydroxylation is 3. The SMILES string of the molecule is COc1cc(C)c(C(=O)Oc2cc(C)c(C(=O)Oc3cc(C)c(C(=O)O)c(O)c3)c(O)c2)c(O)c1. The van der Waals surface area contributed by atoms with Crippen molar-refractivity contribution >= 4 is 17.9 Å². The molecule has 0 amide bonds. The number of ether oxygens (including phenoxy) is 3. The molecule has 0 bridgehead atoms.